The Balaban J connectivity index is 1.76. The minimum absolute atomic E-state index is 0.00254. The van der Waals surface area contributed by atoms with E-state index in [2.05, 4.69) is 5.32 Å². The molecule has 3 bridgehead atoms. The predicted molar refractivity (Wildman–Crippen MR) is 149 cm³/mol. The molecule has 0 aliphatic carbocycles. The predicted octanol–water partition coefficient (Wildman–Crippen LogP) is 5.04. The lowest BCUT2D eigenvalue weighted by molar-refractivity contribution is -0.261. The van der Waals surface area contributed by atoms with E-state index >= 15 is 0 Å². The fraction of sp³-hybridized carbons (Fsp3) is 0.516. The van der Waals surface area contributed by atoms with Crippen LogP contribution in [0, 0.1) is 11.8 Å². The highest BCUT2D eigenvalue weighted by Crippen LogP contribution is 2.53. The number of ether oxygens (including phenoxy) is 3. The lowest BCUT2D eigenvalue weighted by Crippen LogP contribution is -2.52. The van der Waals surface area contributed by atoms with E-state index in [0.717, 1.165) is 12.0 Å². The van der Waals surface area contributed by atoms with Gasteiger partial charge in [-0.2, -0.15) is 0 Å². The maximum absolute atomic E-state index is 13.1. The fourth-order valence-corrected chi connectivity index (χ4v) is 5.32. The molecule has 1 spiro atoms. The number of rotatable bonds is 3. The summed E-state index contributed by atoms with van der Waals surface area (Å²) < 4.78 is 18.5. The molecule has 1 fully saturated rings. The molecular weight excluding hydrogens is 514 g/mol. The number of fused-ring (bicyclic) bond motifs is 2. The van der Waals surface area contributed by atoms with Gasteiger partial charge >= 0.3 is 5.97 Å². The fourth-order valence-electron chi connectivity index (χ4n) is 5.32. The highest BCUT2D eigenvalue weighted by molar-refractivity contribution is 5.96. The van der Waals surface area contributed by atoms with Crippen LogP contribution in [0.3, 0.4) is 0 Å². The number of allylic oxidation sites excluding steroid dienone is 2. The van der Waals surface area contributed by atoms with Crippen LogP contribution in [0.5, 0.6) is 11.5 Å². The summed E-state index contributed by atoms with van der Waals surface area (Å²) in [6, 6.07) is 2.91. The molecule has 9 nitrogen and oxygen atoms in total. The largest absolute Gasteiger partial charge is 0.508 e. The zero-order chi connectivity index (χ0) is 29.2. The van der Waals surface area contributed by atoms with Crippen molar-refractivity contribution in [2.75, 3.05) is 5.32 Å². The van der Waals surface area contributed by atoms with Gasteiger partial charge in [0.05, 0.1) is 12.1 Å². The normalized spacial score (nSPS) is 31.1. The molecule has 3 N–H and O–H groups in total. The van der Waals surface area contributed by atoms with Gasteiger partial charge in [0.15, 0.2) is 5.75 Å². The second-order valence-corrected chi connectivity index (χ2v) is 11.2. The van der Waals surface area contributed by atoms with E-state index in [1.54, 1.807) is 26.0 Å². The van der Waals surface area contributed by atoms with Crippen LogP contribution in [-0.2, 0) is 23.9 Å². The van der Waals surface area contributed by atoms with Crippen molar-refractivity contribution in [1.29, 1.82) is 0 Å². The molecule has 0 saturated carbocycles. The van der Waals surface area contributed by atoms with Crippen molar-refractivity contribution in [3.63, 3.8) is 0 Å². The topological polar surface area (TPSA) is 131 Å². The summed E-state index contributed by atoms with van der Waals surface area (Å²) in [5.74, 6) is -2.46. The van der Waals surface area contributed by atoms with Crippen LogP contribution in [0.1, 0.15) is 78.4 Å². The number of nitrogens with one attached hydrogen (secondary N) is 1. The van der Waals surface area contributed by atoms with Crippen molar-refractivity contribution in [2.45, 2.75) is 90.8 Å². The number of benzene rings is 1. The first-order valence-electron chi connectivity index (χ1n) is 13.9. The molecule has 0 unspecified atom stereocenters. The van der Waals surface area contributed by atoms with Gasteiger partial charge in [0.25, 0.3) is 0 Å². The van der Waals surface area contributed by atoms with Crippen molar-refractivity contribution in [2.24, 2.45) is 11.8 Å². The smallest absolute Gasteiger partial charge is 0.334 e. The second-order valence-electron chi connectivity index (χ2n) is 11.2. The van der Waals surface area contributed by atoms with Gasteiger partial charge in [-0.15, -0.1) is 0 Å². The Labute approximate surface area is 234 Å². The summed E-state index contributed by atoms with van der Waals surface area (Å²) in [4.78, 5) is 38.8. The summed E-state index contributed by atoms with van der Waals surface area (Å²) >= 11 is 0. The molecule has 4 rings (SSSR count). The number of anilines is 1. The molecule has 1 aromatic rings. The number of amides is 1. The number of hydrogen-bond acceptors (Lipinski definition) is 8. The minimum atomic E-state index is -1.23. The quantitative estimate of drug-likeness (QED) is 0.351. The molecule has 40 heavy (non-hydrogen) atoms. The highest BCUT2D eigenvalue weighted by atomic mass is 16.7. The van der Waals surface area contributed by atoms with Gasteiger partial charge in [-0.1, -0.05) is 37.6 Å². The summed E-state index contributed by atoms with van der Waals surface area (Å²) in [6.07, 6.45) is 5.73. The first-order valence-corrected chi connectivity index (χ1v) is 13.9. The van der Waals surface area contributed by atoms with Crippen LogP contribution in [0.15, 0.2) is 47.6 Å². The number of cyclic esters (lactones) is 1. The molecule has 9 heteroatoms. The van der Waals surface area contributed by atoms with Gasteiger partial charge in [-0.3, -0.25) is 9.59 Å². The van der Waals surface area contributed by atoms with Gasteiger partial charge in [-0.05, 0) is 51.7 Å². The number of ketones is 1. The zero-order valence-electron chi connectivity index (χ0n) is 23.7. The number of Topliss-reactive ketones (excluding diaryl/α,β-unsaturated/α-hetero) is 1. The lowest BCUT2D eigenvalue weighted by Gasteiger charge is -2.48. The average molecular weight is 554 g/mol. The second kappa shape index (κ2) is 12.0. The highest BCUT2D eigenvalue weighted by Gasteiger charge is 2.52. The number of esters is 1. The summed E-state index contributed by atoms with van der Waals surface area (Å²) in [7, 11) is 0. The first kappa shape index (κ1) is 29.6. The van der Waals surface area contributed by atoms with Crippen LogP contribution >= 0.6 is 0 Å². The van der Waals surface area contributed by atoms with E-state index in [-0.39, 0.29) is 41.6 Å². The number of aliphatic hydroxyl groups excluding tert-OH is 1. The standard InChI is InChI=1S/C31H39NO8/c1-6-20-8-9-26(24(34)13-17(2)3)38-30(37)18(4)7-10-27(36)32-23-15-21(33)14-22-28-19(5)25(35)16-31(39-28,12-11-20)40-29(22)23/h7-9,13-15,19-20,24,26,28,33-34H,6,10-12,16H2,1-5H3,(H,32,36)/b9-8?,18-7+/t19-,20-,24-,26-,28-,31-/m0/s1. The third kappa shape index (κ3) is 6.47. The average Bonchev–Trinajstić information content (AvgIpc) is 2.89. The van der Waals surface area contributed by atoms with E-state index in [4.69, 9.17) is 14.2 Å². The molecule has 3 heterocycles. The number of phenols is 1. The van der Waals surface area contributed by atoms with Crippen molar-refractivity contribution in [3.05, 3.63) is 53.1 Å². The molecule has 6 atom stereocenters. The number of carbonyl (C=O) groups is 3. The van der Waals surface area contributed by atoms with Crippen molar-refractivity contribution < 1.29 is 38.8 Å². The summed E-state index contributed by atoms with van der Waals surface area (Å²) in [5.41, 5.74) is 1.87. The Morgan fingerprint density at radius 2 is 1.98 bits per heavy atom. The lowest BCUT2D eigenvalue weighted by atomic mass is 9.82. The Kier molecular flexibility index (Phi) is 8.85. The van der Waals surface area contributed by atoms with Gasteiger partial charge in [0.2, 0.25) is 11.7 Å². The Bertz CT molecular complexity index is 1260. The molecular formula is C31H39NO8. The number of carbonyl (C=O) groups excluding carboxylic acids is 3. The molecule has 1 aromatic carbocycles. The number of phenolic OH excluding ortho intramolecular Hbond substituents is 1. The monoisotopic (exact) mass is 553 g/mol. The van der Waals surface area contributed by atoms with Gasteiger partial charge < -0.3 is 29.7 Å². The van der Waals surface area contributed by atoms with Crippen LogP contribution in [0.2, 0.25) is 0 Å². The third-order valence-corrected chi connectivity index (χ3v) is 7.71. The van der Waals surface area contributed by atoms with Crippen molar-refractivity contribution in [1.82, 2.24) is 0 Å². The molecule has 3 aliphatic rings. The van der Waals surface area contributed by atoms with Crippen molar-refractivity contribution >= 4 is 23.3 Å². The zero-order valence-corrected chi connectivity index (χ0v) is 23.7. The van der Waals surface area contributed by atoms with Crippen LogP contribution in [0.25, 0.3) is 0 Å². The Hall–Kier alpha value is -3.43. The Morgan fingerprint density at radius 3 is 2.67 bits per heavy atom. The van der Waals surface area contributed by atoms with E-state index in [0.29, 0.717) is 24.2 Å². The minimum Gasteiger partial charge on any atom is -0.508 e. The Morgan fingerprint density at radius 1 is 1.23 bits per heavy atom. The van der Waals surface area contributed by atoms with E-state index < -0.39 is 41.9 Å². The molecule has 216 valence electrons. The summed E-state index contributed by atoms with van der Waals surface area (Å²) in [6.45, 7) is 9.06. The van der Waals surface area contributed by atoms with E-state index in [9.17, 15) is 24.6 Å². The SMILES string of the molecule is CC[C@H]1C=C[C@@H]([C@@H](O)C=C(C)C)OC(=O)/C(C)=C/CC(=O)Nc2cc(O)cc3c2O[C@@]2(CC1)CC(=O)[C@H](C)[C@@H]3O2. The number of aliphatic hydroxyl groups is 1. The molecule has 1 amide bonds. The van der Waals surface area contributed by atoms with E-state index in [1.807, 2.05) is 26.8 Å². The van der Waals surface area contributed by atoms with Gasteiger partial charge in [-0.25, -0.2) is 4.79 Å². The third-order valence-electron chi connectivity index (χ3n) is 7.71. The molecule has 0 aromatic heterocycles. The number of hydrogen-bond donors (Lipinski definition) is 3. The number of aromatic hydroxyl groups is 1. The summed E-state index contributed by atoms with van der Waals surface area (Å²) in [5, 5.41) is 24.0. The maximum atomic E-state index is 13.1. The van der Waals surface area contributed by atoms with Gasteiger partial charge in [0, 0.05) is 36.0 Å². The van der Waals surface area contributed by atoms with E-state index in [1.165, 1.54) is 18.2 Å². The van der Waals surface area contributed by atoms with Crippen molar-refractivity contribution in [3.8, 4) is 11.5 Å². The maximum Gasteiger partial charge on any atom is 0.334 e. The van der Waals surface area contributed by atoms with Crippen LogP contribution in [0.4, 0.5) is 5.69 Å². The first-order chi connectivity index (χ1) is 18.9. The molecule has 0 radical (unpaired) electrons. The van der Waals surface area contributed by atoms with Gasteiger partial charge in [0.1, 0.15) is 29.8 Å². The van der Waals surface area contributed by atoms with Crippen LogP contribution < -0.4 is 10.1 Å². The molecule has 3 aliphatic heterocycles. The van der Waals surface area contributed by atoms with Crippen LogP contribution in [-0.4, -0.2) is 45.9 Å². The molecule has 1 saturated heterocycles.